The molecule has 0 atom stereocenters. The molecule has 2 aromatic carbocycles. The monoisotopic (exact) mass is 393 g/mol. The van der Waals surface area contributed by atoms with Crippen LogP contribution in [0.15, 0.2) is 60.9 Å². The first kappa shape index (κ1) is 20.1. The van der Waals surface area contributed by atoms with E-state index in [0.29, 0.717) is 18.1 Å². The maximum Gasteiger partial charge on any atom is 0.258 e. The number of amides is 1. The van der Waals surface area contributed by atoms with Crippen molar-refractivity contribution in [1.82, 2.24) is 15.3 Å². The van der Waals surface area contributed by atoms with Gasteiger partial charge < -0.3 is 19.5 Å². The summed E-state index contributed by atoms with van der Waals surface area (Å²) in [7, 11) is 1.63. The van der Waals surface area contributed by atoms with Crippen LogP contribution in [-0.4, -0.2) is 36.2 Å². The number of hydrogen-bond acceptors (Lipinski definition) is 6. The molecule has 0 fully saturated rings. The van der Waals surface area contributed by atoms with Gasteiger partial charge in [0.05, 0.1) is 31.6 Å². The molecule has 7 nitrogen and oxygen atoms in total. The molecule has 1 N–H and O–H groups in total. The summed E-state index contributed by atoms with van der Waals surface area (Å²) in [6.45, 7) is 2.74. The molecule has 150 valence electrons. The Balaban J connectivity index is 1.50. The lowest BCUT2D eigenvalue weighted by Crippen LogP contribution is -2.28. The second kappa shape index (κ2) is 10.1. The van der Waals surface area contributed by atoms with Crippen LogP contribution >= 0.6 is 0 Å². The number of hydrogen-bond donors (Lipinski definition) is 1. The summed E-state index contributed by atoms with van der Waals surface area (Å²) in [6.07, 6.45) is 1.48. The van der Waals surface area contributed by atoms with E-state index in [1.807, 2.05) is 37.3 Å². The van der Waals surface area contributed by atoms with Gasteiger partial charge in [-0.15, -0.1) is 0 Å². The molecule has 3 aromatic rings. The van der Waals surface area contributed by atoms with Crippen molar-refractivity contribution in [1.29, 1.82) is 0 Å². The first-order valence-corrected chi connectivity index (χ1v) is 9.25. The fourth-order valence-electron chi connectivity index (χ4n) is 2.60. The molecule has 0 bridgehead atoms. The van der Waals surface area contributed by atoms with Gasteiger partial charge in [0.25, 0.3) is 5.91 Å². The molecule has 3 rings (SSSR count). The molecule has 0 aliphatic rings. The lowest BCUT2D eigenvalue weighted by atomic mass is 10.1. The third-order valence-corrected chi connectivity index (χ3v) is 4.08. The van der Waals surface area contributed by atoms with Crippen LogP contribution in [0.1, 0.15) is 12.6 Å². The minimum Gasteiger partial charge on any atom is -0.497 e. The quantitative estimate of drug-likeness (QED) is 0.601. The van der Waals surface area contributed by atoms with Crippen LogP contribution in [0.5, 0.6) is 17.2 Å². The van der Waals surface area contributed by atoms with E-state index in [4.69, 9.17) is 14.2 Å². The molecule has 29 heavy (non-hydrogen) atoms. The summed E-state index contributed by atoms with van der Waals surface area (Å²) in [4.78, 5) is 20.6. The van der Waals surface area contributed by atoms with E-state index in [-0.39, 0.29) is 19.1 Å². The standard InChI is InChI=1S/C22H23N3O4/c1-3-28-19-8-10-20(11-9-19)29-14-22(26)23-13-17-12-21(25-15-24-17)16-4-6-18(27-2)7-5-16/h4-12,15H,3,13-14H2,1-2H3,(H,23,26). The highest BCUT2D eigenvalue weighted by Gasteiger charge is 2.06. The van der Waals surface area contributed by atoms with Crippen LogP contribution in [0, 0.1) is 0 Å². The number of ether oxygens (including phenoxy) is 3. The topological polar surface area (TPSA) is 82.6 Å². The zero-order valence-corrected chi connectivity index (χ0v) is 16.4. The third kappa shape index (κ3) is 5.93. The van der Waals surface area contributed by atoms with Crippen LogP contribution in [0.25, 0.3) is 11.3 Å². The predicted octanol–water partition coefficient (Wildman–Crippen LogP) is 3.25. The van der Waals surface area contributed by atoms with Crippen molar-refractivity contribution in [2.75, 3.05) is 20.3 Å². The fourth-order valence-corrected chi connectivity index (χ4v) is 2.60. The second-order valence-corrected chi connectivity index (χ2v) is 6.09. The van der Waals surface area contributed by atoms with Crippen molar-refractivity contribution in [3.8, 4) is 28.5 Å². The summed E-state index contributed by atoms with van der Waals surface area (Å²) in [5.74, 6) is 1.92. The van der Waals surface area contributed by atoms with Crippen molar-refractivity contribution in [3.05, 3.63) is 66.6 Å². The molecule has 7 heteroatoms. The van der Waals surface area contributed by atoms with Gasteiger partial charge in [0.1, 0.15) is 23.6 Å². The number of carbonyl (C=O) groups is 1. The summed E-state index contributed by atoms with van der Waals surface area (Å²) in [5, 5.41) is 2.80. The Bertz CT molecular complexity index is 928. The predicted molar refractivity (Wildman–Crippen MR) is 109 cm³/mol. The molecule has 1 heterocycles. The van der Waals surface area contributed by atoms with Crippen molar-refractivity contribution in [2.24, 2.45) is 0 Å². The molecule has 0 aliphatic carbocycles. The molecule has 1 amide bonds. The molecule has 0 unspecified atom stereocenters. The molecule has 0 spiro atoms. The van der Waals surface area contributed by atoms with Crippen LogP contribution in [0.2, 0.25) is 0 Å². The third-order valence-electron chi connectivity index (χ3n) is 4.08. The van der Waals surface area contributed by atoms with Crippen molar-refractivity contribution in [2.45, 2.75) is 13.5 Å². The molecule has 1 aromatic heterocycles. The maximum absolute atomic E-state index is 12.1. The molecular formula is C22H23N3O4. The van der Waals surface area contributed by atoms with Gasteiger partial charge in [-0.2, -0.15) is 0 Å². The number of methoxy groups -OCH3 is 1. The largest absolute Gasteiger partial charge is 0.497 e. The summed E-state index contributed by atoms with van der Waals surface area (Å²) < 4.78 is 16.0. The smallest absolute Gasteiger partial charge is 0.258 e. The Kier molecular flexibility index (Phi) is 7.00. The Hall–Kier alpha value is -3.61. The van der Waals surface area contributed by atoms with E-state index < -0.39 is 0 Å². The van der Waals surface area contributed by atoms with Gasteiger partial charge in [-0.25, -0.2) is 9.97 Å². The highest BCUT2D eigenvalue weighted by molar-refractivity contribution is 5.77. The Morgan fingerprint density at radius 1 is 0.931 bits per heavy atom. The average molecular weight is 393 g/mol. The fraction of sp³-hybridized carbons (Fsp3) is 0.227. The molecule has 0 radical (unpaired) electrons. The highest BCUT2D eigenvalue weighted by Crippen LogP contribution is 2.20. The van der Waals surface area contributed by atoms with Gasteiger partial charge in [-0.3, -0.25) is 4.79 Å². The van der Waals surface area contributed by atoms with Gasteiger partial charge >= 0.3 is 0 Å². The Morgan fingerprint density at radius 3 is 2.24 bits per heavy atom. The highest BCUT2D eigenvalue weighted by atomic mass is 16.5. The summed E-state index contributed by atoms with van der Waals surface area (Å²) in [6, 6.07) is 16.6. The van der Waals surface area contributed by atoms with Crippen LogP contribution in [-0.2, 0) is 11.3 Å². The number of nitrogens with one attached hydrogen (secondary N) is 1. The first-order chi connectivity index (χ1) is 14.2. The summed E-state index contributed by atoms with van der Waals surface area (Å²) >= 11 is 0. The van der Waals surface area contributed by atoms with Crippen LogP contribution in [0.3, 0.4) is 0 Å². The normalized spacial score (nSPS) is 10.3. The summed E-state index contributed by atoms with van der Waals surface area (Å²) in [5.41, 5.74) is 2.43. The van der Waals surface area contributed by atoms with Gasteiger partial charge in [0, 0.05) is 5.56 Å². The van der Waals surface area contributed by atoms with Gasteiger partial charge in [0.15, 0.2) is 6.61 Å². The number of benzene rings is 2. The van der Waals surface area contributed by atoms with Crippen LogP contribution < -0.4 is 19.5 Å². The van der Waals surface area contributed by atoms with Gasteiger partial charge in [-0.1, -0.05) is 0 Å². The lowest BCUT2D eigenvalue weighted by Gasteiger charge is -2.09. The molecule has 0 saturated heterocycles. The lowest BCUT2D eigenvalue weighted by molar-refractivity contribution is -0.123. The molecular weight excluding hydrogens is 370 g/mol. The number of carbonyl (C=O) groups excluding carboxylic acids is 1. The van der Waals surface area contributed by atoms with E-state index in [2.05, 4.69) is 15.3 Å². The zero-order valence-electron chi connectivity index (χ0n) is 16.4. The van der Waals surface area contributed by atoms with Crippen molar-refractivity contribution < 1.29 is 19.0 Å². The zero-order chi connectivity index (χ0) is 20.5. The van der Waals surface area contributed by atoms with E-state index in [1.165, 1.54) is 6.33 Å². The second-order valence-electron chi connectivity index (χ2n) is 6.09. The molecule has 0 aliphatic heterocycles. The van der Waals surface area contributed by atoms with Gasteiger partial charge in [0.2, 0.25) is 0 Å². The number of rotatable bonds is 9. The Morgan fingerprint density at radius 2 is 1.59 bits per heavy atom. The average Bonchev–Trinajstić information content (AvgIpc) is 2.78. The first-order valence-electron chi connectivity index (χ1n) is 9.25. The maximum atomic E-state index is 12.1. The van der Waals surface area contributed by atoms with Gasteiger partial charge in [-0.05, 0) is 61.5 Å². The van der Waals surface area contributed by atoms with Crippen LogP contribution in [0.4, 0.5) is 0 Å². The van der Waals surface area contributed by atoms with E-state index in [1.54, 1.807) is 31.4 Å². The van der Waals surface area contributed by atoms with E-state index in [0.717, 1.165) is 22.8 Å². The SMILES string of the molecule is CCOc1ccc(OCC(=O)NCc2cc(-c3ccc(OC)cc3)ncn2)cc1. The minimum atomic E-state index is -0.233. The minimum absolute atomic E-state index is 0.0790. The van der Waals surface area contributed by atoms with Crippen molar-refractivity contribution >= 4 is 5.91 Å². The van der Waals surface area contributed by atoms with E-state index in [9.17, 15) is 4.79 Å². The van der Waals surface area contributed by atoms with Crippen molar-refractivity contribution in [3.63, 3.8) is 0 Å². The molecule has 0 saturated carbocycles. The Labute approximate surface area is 169 Å². The number of aromatic nitrogens is 2. The number of nitrogens with zero attached hydrogens (tertiary/aromatic N) is 2. The van der Waals surface area contributed by atoms with E-state index >= 15 is 0 Å².